The Morgan fingerprint density at radius 1 is 1.00 bits per heavy atom. The summed E-state index contributed by atoms with van der Waals surface area (Å²) in [7, 11) is 0. The maximum Gasteiger partial charge on any atom is 0.310 e. The van der Waals surface area contributed by atoms with Gasteiger partial charge in [-0.15, -0.1) is 0 Å². The summed E-state index contributed by atoms with van der Waals surface area (Å²) in [6.45, 7) is -0.305. The molecule has 5 atom stereocenters. The molecule has 0 aromatic heterocycles. The SMILES string of the molecule is O=C(OCC(=O)N1N=C2/C(=C\c3ccc(Cl)cc3)CCC[C@@H]2[C@@H]1c1ccc(Cl)cc1)[C@H]1C[C@H]2C=C[C@@H]1C2. The second-order valence-electron chi connectivity index (χ2n) is 10.4. The summed E-state index contributed by atoms with van der Waals surface area (Å²) in [5.74, 6) is 0.0389. The molecule has 4 aliphatic rings. The molecule has 0 unspecified atom stereocenters. The number of allylic oxidation sites excluding steroid dienone is 3. The lowest BCUT2D eigenvalue weighted by atomic mass is 9.77. The molecule has 6 rings (SSSR count). The largest absolute Gasteiger partial charge is 0.455 e. The van der Waals surface area contributed by atoms with Crippen LogP contribution in [0.2, 0.25) is 10.0 Å². The van der Waals surface area contributed by atoms with E-state index in [1.54, 1.807) is 0 Å². The molecule has 2 saturated carbocycles. The summed E-state index contributed by atoms with van der Waals surface area (Å²) >= 11 is 12.2. The van der Waals surface area contributed by atoms with Gasteiger partial charge in [-0.05, 0) is 91.0 Å². The first-order valence-electron chi connectivity index (χ1n) is 12.9. The van der Waals surface area contributed by atoms with Gasteiger partial charge in [0.1, 0.15) is 0 Å². The van der Waals surface area contributed by atoms with E-state index in [2.05, 4.69) is 18.2 Å². The van der Waals surface area contributed by atoms with E-state index in [1.807, 2.05) is 48.5 Å². The molecule has 2 fully saturated rings. The number of halogens is 2. The lowest BCUT2D eigenvalue weighted by Gasteiger charge is -2.29. The Labute approximate surface area is 226 Å². The zero-order chi connectivity index (χ0) is 25.5. The van der Waals surface area contributed by atoms with E-state index in [-0.39, 0.29) is 42.3 Å². The van der Waals surface area contributed by atoms with Gasteiger partial charge in [0.25, 0.3) is 5.91 Å². The minimum atomic E-state index is -0.306. The van der Waals surface area contributed by atoms with Crippen molar-refractivity contribution in [2.24, 2.45) is 28.8 Å². The molecule has 0 saturated heterocycles. The molecular weight excluding hydrogens is 507 g/mol. The fraction of sp³-hybridized carbons (Fsp3) is 0.367. The van der Waals surface area contributed by atoms with E-state index in [0.717, 1.165) is 54.5 Å². The summed E-state index contributed by atoms with van der Waals surface area (Å²) in [4.78, 5) is 26.3. The third kappa shape index (κ3) is 4.87. The minimum absolute atomic E-state index is 0.0591. The average molecular weight is 535 g/mol. The zero-order valence-corrected chi connectivity index (χ0v) is 21.9. The number of hydrogen-bond acceptors (Lipinski definition) is 4. The molecule has 0 N–H and O–H groups in total. The number of nitrogens with zero attached hydrogens (tertiary/aromatic N) is 2. The molecule has 5 nitrogen and oxygen atoms in total. The van der Waals surface area contributed by atoms with Gasteiger partial charge in [0.05, 0.1) is 17.7 Å². The number of amides is 1. The first-order chi connectivity index (χ1) is 18.0. The summed E-state index contributed by atoms with van der Waals surface area (Å²) in [5.41, 5.74) is 4.07. The normalized spacial score (nSPS) is 28.9. The van der Waals surface area contributed by atoms with Crippen LogP contribution in [0.1, 0.15) is 49.3 Å². The number of ether oxygens (including phenoxy) is 1. The standard InChI is InChI=1S/C30H28Cl2N2O3/c31-23-10-5-18(6-11-23)14-22-2-1-3-25-28(22)33-34(29(25)20-8-12-24(32)13-9-20)27(35)17-37-30(36)26-16-19-4-7-21(26)15-19/h4-14,19,21,25-26,29H,1-3,15-17H2/b22-14-/t19-,21+,25-,26-,29-/m0/s1. The van der Waals surface area contributed by atoms with Crippen LogP contribution in [0.15, 0.2) is 71.4 Å². The molecule has 1 heterocycles. The average Bonchev–Trinajstić information content (AvgIpc) is 3.64. The molecule has 0 radical (unpaired) electrons. The maximum atomic E-state index is 13.5. The Bertz CT molecular complexity index is 1300. The molecule has 1 amide bonds. The number of carbonyl (C=O) groups is 2. The van der Waals surface area contributed by atoms with E-state index < -0.39 is 0 Å². The van der Waals surface area contributed by atoms with Crippen molar-refractivity contribution in [3.05, 3.63) is 87.4 Å². The summed E-state index contributed by atoms with van der Waals surface area (Å²) in [5, 5.41) is 7.74. The number of fused-ring (bicyclic) bond motifs is 3. The van der Waals surface area contributed by atoms with Gasteiger partial charge in [-0.25, -0.2) is 5.01 Å². The fourth-order valence-corrected chi connectivity index (χ4v) is 6.57. The fourth-order valence-electron chi connectivity index (χ4n) is 6.32. The summed E-state index contributed by atoms with van der Waals surface area (Å²) in [6.07, 6.45) is 11.1. The lowest BCUT2D eigenvalue weighted by molar-refractivity contribution is -0.157. The molecule has 7 heteroatoms. The van der Waals surface area contributed by atoms with Crippen molar-refractivity contribution in [2.75, 3.05) is 6.61 Å². The van der Waals surface area contributed by atoms with Crippen LogP contribution in [-0.2, 0) is 14.3 Å². The van der Waals surface area contributed by atoms with Crippen LogP contribution in [0.4, 0.5) is 0 Å². The third-order valence-corrected chi connectivity index (χ3v) is 8.60. The molecular formula is C30H28Cl2N2O3. The van der Waals surface area contributed by atoms with Crippen molar-refractivity contribution in [1.29, 1.82) is 0 Å². The maximum absolute atomic E-state index is 13.5. The van der Waals surface area contributed by atoms with Crippen molar-refractivity contribution in [2.45, 2.75) is 38.1 Å². The van der Waals surface area contributed by atoms with Crippen molar-refractivity contribution < 1.29 is 14.3 Å². The first-order valence-corrected chi connectivity index (χ1v) is 13.7. The lowest BCUT2D eigenvalue weighted by Crippen LogP contribution is -2.35. The molecule has 1 aliphatic heterocycles. The molecule has 2 aromatic rings. The van der Waals surface area contributed by atoms with Crippen molar-refractivity contribution in [1.82, 2.24) is 5.01 Å². The van der Waals surface area contributed by atoms with Crippen molar-refractivity contribution in [3.63, 3.8) is 0 Å². The van der Waals surface area contributed by atoms with Crippen LogP contribution in [0.5, 0.6) is 0 Å². The van der Waals surface area contributed by atoms with Crippen molar-refractivity contribution >= 4 is 46.9 Å². The number of benzene rings is 2. The molecule has 2 aromatic carbocycles. The van der Waals surface area contributed by atoms with Crippen LogP contribution in [0.25, 0.3) is 6.08 Å². The summed E-state index contributed by atoms with van der Waals surface area (Å²) < 4.78 is 5.56. The van der Waals surface area contributed by atoms with Crippen molar-refractivity contribution in [3.8, 4) is 0 Å². The molecule has 3 aliphatic carbocycles. The quantitative estimate of drug-likeness (QED) is 0.310. The highest BCUT2D eigenvalue weighted by atomic mass is 35.5. The minimum Gasteiger partial charge on any atom is -0.455 e. The van der Waals surface area contributed by atoms with E-state index in [0.29, 0.717) is 16.0 Å². The van der Waals surface area contributed by atoms with Crippen LogP contribution >= 0.6 is 23.2 Å². The highest BCUT2D eigenvalue weighted by molar-refractivity contribution is 6.30. The third-order valence-electron chi connectivity index (χ3n) is 8.10. The van der Waals surface area contributed by atoms with Crippen LogP contribution < -0.4 is 0 Å². The molecule has 0 spiro atoms. The molecule has 2 bridgehead atoms. The Morgan fingerprint density at radius 2 is 1.73 bits per heavy atom. The summed E-state index contributed by atoms with van der Waals surface area (Å²) in [6, 6.07) is 15.0. The van der Waals surface area contributed by atoms with Gasteiger partial charge in [0, 0.05) is 16.0 Å². The zero-order valence-electron chi connectivity index (χ0n) is 20.4. The number of esters is 1. The topological polar surface area (TPSA) is 59.0 Å². The number of hydrogen-bond donors (Lipinski definition) is 0. The number of hydrazone groups is 1. The van der Waals surface area contributed by atoms with E-state index in [1.165, 1.54) is 5.01 Å². The highest BCUT2D eigenvalue weighted by Gasteiger charge is 2.45. The Morgan fingerprint density at radius 3 is 2.41 bits per heavy atom. The Hall–Kier alpha value is -2.89. The van der Waals surface area contributed by atoms with Crippen LogP contribution in [-0.4, -0.2) is 29.2 Å². The van der Waals surface area contributed by atoms with Crippen LogP contribution in [0, 0.1) is 23.7 Å². The van der Waals surface area contributed by atoms with E-state index >= 15 is 0 Å². The van der Waals surface area contributed by atoms with E-state index in [4.69, 9.17) is 33.0 Å². The van der Waals surface area contributed by atoms with Gasteiger partial charge in [0.2, 0.25) is 0 Å². The van der Waals surface area contributed by atoms with Gasteiger partial charge in [-0.2, -0.15) is 5.10 Å². The highest BCUT2D eigenvalue weighted by Crippen LogP contribution is 2.45. The predicted octanol–water partition coefficient (Wildman–Crippen LogP) is 6.87. The van der Waals surface area contributed by atoms with Gasteiger partial charge in [0.15, 0.2) is 6.61 Å². The smallest absolute Gasteiger partial charge is 0.310 e. The Kier molecular flexibility index (Phi) is 6.68. The number of carbonyl (C=O) groups excluding carboxylic acids is 2. The predicted molar refractivity (Wildman–Crippen MR) is 145 cm³/mol. The molecule has 37 heavy (non-hydrogen) atoms. The number of rotatable bonds is 5. The van der Waals surface area contributed by atoms with Gasteiger partial charge in [-0.1, -0.05) is 59.6 Å². The van der Waals surface area contributed by atoms with Gasteiger partial charge in [-0.3, -0.25) is 9.59 Å². The second kappa shape index (κ2) is 10.1. The monoisotopic (exact) mass is 534 g/mol. The van der Waals surface area contributed by atoms with Gasteiger partial charge < -0.3 is 4.74 Å². The van der Waals surface area contributed by atoms with E-state index in [9.17, 15) is 9.59 Å². The first kappa shape index (κ1) is 24.4. The molecule has 190 valence electrons. The van der Waals surface area contributed by atoms with Crippen LogP contribution in [0.3, 0.4) is 0 Å². The Balaban J connectivity index is 1.26. The second-order valence-corrected chi connectivity index (χ2v) is 11.3. The van der Waals surface area contributed by atoms with Gasteiger partial charge >= 0.3 is 5.97 Å².